The first-order chi connectivity index (χ1) is 38.8. The first-order valence-corrected chi connectivity index (χ1v) is 20.7. The van der Waals surface area contributed by atoms with Gasteiger partial charge in [-0.25, -0.2) is 18.3 Å². The maximum Gasteiger partial charge on any atom is 0.212 e. The third-order valence-electron chi connectivity index (χ3n) is 10.9. The molecule has 0 spiro atoms. The fraction of sp³-hybridized carbons (Fsp3) is 0.267. The van der Waals surface area contributed by atoms with Crippen molar-refractivity contribution in [3.8, 4) is 45.0 Å². The summed E-state index contributed by atoms with van der Waals surface area (Å²) in [6.45, 7) is -6.32. The van der Waals surface area contributed by atoms with Gasteiger partial charge in [0.25, 0.3) is 0 Å². The molecule has 4 nitrogen and oxygen atoms in total. The smallest absolute Gasteiger partial charge is 0.201 e. The summed E-state index contributed by atoms with van der Waals surface area (Å²) >= 11 is 0. The summed E-state index contributed by atoms with van der Waals surface area (Å²) < 4.78 is 165. The third kappa shape index (κ3) is 12.3. The molecule has 0 atom stereocenters. The highest BCUT2D eigenvalue weighted by molar-refractivity contribution is 5.64. The van der Waals surface area contributed by atoms with Gasteiger partial charge in [-0.3, -0.25) is 0 Å². The van der Waals surface area contributed by atoms with E-state index in [1.165, 1.54) is 30.0 Å². The Hall–Kier alpha value is -6.52. The molecule has 0 saturated carbocycles. The second-order valence-corrected chi connectivity index (χ2v) is 16.0. The Balaban J connectivity index is 0.000000209. The first-order valence-electron chi connectivity index (χ1n) is 31.2. The summed E-state index contributed by atoms with van der Waals surface area (Å²) in [5, 5.41) is 0. The molecule has 0 fully saturated rings. The van der Waals surface area contributed by atoms with Gasteiger partial charge in [0, 0.05) is 98.1 Å². The van der Waals surface area contributed by atoms with E-state index >= 15 is 0 Å². The number of hydrogen-bond acceptors (Lipinski definition) is 0. The van der Waals surface area contributed by atoms with Gasteiger partial charge in [0.15, 0.2) is 24.8 Å². The summed E-state index contributed by atoms with van der Waals surface area (Å²) in [6.07, 6.45) is 6.58. The van der Waals surface area contributed by atoms with Crippen LogP contribution >= 0.6 is 0 Å². The monoisotopic (exact) mass is 870 g/mol. The van der Waals surface area contributed by atoms with Crippen molar-refractivity contribution in [3.63, 3.8) is 0 Å². The van der Waals surface area contributed by atoms with Crippen LogP contribution in [0.15, 0.2) is 146 Å². The van der Waals surface area contributed by atoms with Crippen LogP contribution in [0.2, 0.25) is 0 Å². The SMILES string of the molecule is [2H]C([2H])([2H])c1c[n+](C)c(-c2ccccc2C)cc1C.[2H]C([2H])([2H])c1ccc(-c2cc(C([2H])([2H])[2H])c(C([2H])([2H])[2H])c[n+]2C)c(C)c1.[2H]C([2H])([2H])c1ccc(-c2ccc(C([2H])([2H])[2H])c[n+]2C)c(C)c1.[2H]C([2H])([2H])c1ccc(-c2cccc[n+]2C)c(C)c1. The van der Waals surface area contributed by atoms with Gasteiger partial charge in [0.2, 0.25) is 22.8 Å². The van der Waals surface area contributed by atoms with Crippen molar-refractivity contribution in [3.05, 3.63) is 213 Å². The summed E-state index contributed by atoms with van der Waals surface area (Å²) in [6, 6.07) is 35.7. The summed E-state index contributed by atoms with van der Waals surface area (Å²) in [7, 11) is 7.27. The predicted octanol–water partition coefficient (Wildman–Crippen LogP) is 12.4. The molecule has 0 aliphatic carbocycles. The molecule has 0 bridgehead atoms. The van der Waals surface area contributed by atoms with E-state index in [1.807, 2.05) is 92.7 Å². The van der Waals surface area contributed by atoms with E-state index in [0.717, 1.165) is 50.5 Å². The molecule has 0 unspecified atom stereocenters. The van der Waals surface area contributed by atoms with E-state index in [1.54, 1.807) is 91.1 Å². The second kappa shape index (κ2) is 21.7. The molecule has 0 radical (unpaired) electrons. The molecular weight excluding hydrogens is 777 g/mol. The molecule has 0 N–H and O–H groups in total. The normalized spacial score (nSPS) is 16.7. The fourth-order valence-corrected chi connectivity index (χ4v) is 7.34. The Kier molecular flexibility index (Phi) is 9.14. The van der Waals surface area contributed by atoms with Gasteiger partial charge in [-0.15, -0.1) is 0 Å². The maximum absolute atomic E-state index is 7.69. The third-order valence-corrected chi connectivity index (χ3v) is 10.9. The summed E-state index contributed by atoms with van der Waals surface area (Å²) in [5.41, 5.74) is 12.7. The highest BCUT2D eigenvalue weighted by atomic mass is 14.9. The minimum atomic E-state index is -2.58. The van der Waals surface area contributed by atoms with Crippen LogP contribution in [0.25, 0.3) is 45.0 Å². The Morgan fingerprint density at radius 2 is 0.719 bits per heavy atom. The number of aromatic nitrogens is 4. The van der Waals surface area contributed by atoms with Crippen molar-refractivity contribution in [2.24, 2.45) is 28.2 Å². The van der Waals surface area contributed by atoms with Crippen LogP contribution in [0.3, 0.4) is 0 Å². The molecule has 0 amide bonds. The Morgan fingerprint density at radius 3 is 1.19 bits per heavy atom. The van der Waals surface area contributed by atoms with Crippen molar-refractivity contribution < 1.29 is 47.1 Å². The maximum atomic E-state index is 7.69. The van der Waals surface area contributed by atoms with Crippen molar-refractivity contribution in [2.75, 3.05) is 0 Å². The van der Waals surface area contributed by atoms with Gasteiger partial charge in [0.05, 0.1) is 0 Å². The Labute approximate surface area is 415 Å². The molecule has 4 heterocycles. The lowest BCUT2D eigenvalue weighted by Gasteiger charge is -2.07. The first kappa shape index (κ1) is 27.0. The minimum Gasteiger partial charge on any atom is -0.201 e. The molecule has 0 saturated heterocycles. The zero-order chi connectivity index (χ0) is 64.3. The lowest BCUT2D eigenvalue weighted by atomic mass is 10.0. The predicted molar refractivity (Wildman–Crippen MR) is 269 cm³/mol. The quantitative estimate of drug-likeness (QED) is 0.157. The average Bonchev–Trinajstić information content (AvgIpc) is 1.35. The minimum absolute atomic E-state index is 0.191. The lowest BCUT2D eigenvalue weighted by molar-refractivity contribution is -0.660. The largest absolute Gasteiger partial charge is 0.212 e. The molecular formula is C60H72N4+4. The molecule has 4 heteroatoms. The molecule has 8 rings (SSSR count). The van der Waals surface area contributed by atoms with Gasteiger partial charge < -0.3 is 0 Å². The van der Waals surface area contributed by atoms with E-state index in [4.69, 9.17) is 28.8 Å². The second-order valence-electron chi connectivity index (χ2n) is 16.0. The molecule has 4 aromatic heterocycles. The van der Waals surface area contributed by atoms with Crippen LogP contribution < -0.4 is 18.3 Å². The highest BCUT2D eigenvalue weighted by Crippen LogP contribution is 2.25. The van der Waals surface area contributed by atoms with Crippen molar-refractivity contribution >= 4 is 0 Å². The Bertz CT molecular complexity index is 3610. The fourth-order valence-electron chi connectivity index (χ4n) is 7.34. The molecule has 64 heavy (non-hydrogen) atoms. The van der Waals surface area contributed by atoms with Crippen molar-refractivity contribution in [1.82, 2.24) is 0 Å². The van der Waals surface area contributed by atoms with Gasteiger partial charge in [-0.05, 0) is 152 Å². The van der Waals surface area contributed by atoms with Crippen LogP contribution in [-0.4, -0.2) is 0 Å². The highest BCUT2D eigenvalue weighted by Gasteiger charge is 2.16. The van der Waals surface area contributed by atoms with Crippen LogP contribution in [0, 0.1) is 82.6 Å². The number of pyridine rings is 4. The van der Waals surface area contributed by atoms with E-state index in [0.29, 0.717) is 33.5 Å². The average molecular weight is 870 g/mol. The molecule has 328 valence electrons. The van der Waals surface area contributed by atoms with E-state index in [9.17, 15) is 0 Å². The zero-order valence-electron chi connectivity index (χ0n) is 59.1. The van der Waals surface area contributed by atoms with E-state index in [-0.39, 0.29) is 22.3 Å². The van der Waals surface area contributed by atoms with E-state index in [2.05, 4.69) is 19.1 Å². The molecule has 0 aliphatic rings. The number of hydrogen-bond donors (Lipinski definition) is 0. The Morgan fingerprint density at radius 1 is 0.297 bits per heavy atom. The van der Waals surface area contributed by atoms with E-state index < -0.39 is 48.0 Å². The lowest BCUT2D eigenvalue weighted by Crippen LogP contribution is -2.31. The van der Waals surface area contributed by atoms with Crippen molar-refractivity contribution in [1.29, 1.82) is 0 Å². The number of aryl methyl sites for hydroxylation is 16. The van der Waals surface area contributed by atoms with Crippen molar-refractivity contribution in [2.45, 2.75) is 82.6 Å². The van der Waals surface area contributed by atoms with Gasteiger partial charge in [-0.2, -0.15) is 0 Å². The molecule has 0 aliphatic heterocycles. The van der Waals surface area contributed by atoms with Gasteiger partial charge in [0.1, 0.15) is 28.2 Å². The molecule has 8 aromatic rings. The number of nitrogens with zero attached hydrogens (tertiary/aromatic N) is 4. The van der Waals surface area contributed by atoms with Crippen LogP contribution in [0.1, 0.15) is 95.5 Å². The standard InChI is InChI=1S/C16H20N.2C15H18N.C14H16N/c1-11-6-7-15(13(3)8-11)16-9-12(2)14(4)10-17(16)5;1-11-5-7-14(13(3)9-11)15-8-6-12(2)10-16(15)4;1-11-7-5-6-8-14(11)15-9-12(2)13(3)10-16(15)4;1-11-7-8-13(12(2)10-11)14-6-4-5-9-15(14)3/h6-10H,1-5H3;2*5-10H,1-4H3;4-10H,1-3H3/q4*+1/i1D3,2D3,4D3;1D3,2D3;3D3;1D3. The number of benzene rings is 4. The zero-order valence-corrected chi connectivity index (χ0v) is 38.1. The van der Waals surface area contributed by atoms with Gasteiger partial charge in [-0.1, -0.05) is 71.3 Å². The van der Waals surface area contributed by atoms with Crippen LogP contribution in [0.4, 0.5) is 0 Å². The molecule has 4 aromatic carbocycles. The van der Waals surface area contributed by atoms with Crippen LogP contribution in [-0.2, 0) is 28.2 Å². The van der Waals surface area contributed by atoms with Crippen LogP contribution in [0.5, 0.6) is 0 Å². The summed E-state index contributed by atoms with van der Waals surface area (Å²) in [4.78, 5) is 0. The van der Waals surface area contributed by atoms with Gasteiger partial charge >= 0.3 is 0 Å². The summed E-state index contributed by atoms with van der Waals surface area (Å²) in [5.74, 6) is 0. The number of rotatable bonds is 4. The topological polar surface area (TPSA) is 15.5 Å².